The average molecular weight is 467 g/mol. The number of carbonyl (C=O) groups is 2. The molecule has 2 saturated heterocycles. The maximum absolute atomic E-state index is 12.7. The van der Waals surface area contributed by atoms with Crippen molar-refractivity contribution in [1.29, 1.82) is 0 Å². The fourth-order valence-corrected chi connectivity index (χ4v) is 5.27. The predicted molar refractivity (Wildman–Crippen MR) is 118 cm³/mol. The van der Waals surface area contributed by atoms with Crippen LogP contribution in [0, 0.1) is 0 Å². The number of thioether (sulfide) groups is 1. The minimum absolute atomic E-state index is 0.108. The Hall–Kier alpha value is -1.18. The summed E-state index contributed by atoms with van der Waals surface area (Å²) in [6, 6.07) is 8.12. The van der Waals surface area contributed by atoms with Crippen molar-refractivity contribution in [2.45, 2.75) is 45.1 Å². The van der Waals surface area contributed by atoms with Crippen LogP contribution in [-0.2, 0) is 9.59 Å². The van der Waals surface area contributed by atoms with Gasteiger partial charge in [0.05, 0.1) is 4.91 Å². The first kappa shape index (κ1) is 20.6. The van der Waals surface area contributed by atoms with Gasteiger partial charge in [0.2, 0.25) is 5.91 Å². The number of rotatable bonds is 5. The molecule has 3 rings (SSSR count). The molecular formula is C20H23BrN2O2S2. The van der Waals surface area contributed by atoms with Gasteiger partial charge < -0.3 is 4.90 Å². The lowest BCUT2D eigenvalue weighted by Crippen LogP contribution is -2.44. The van der Waals surface area contributed by atoms with Crippen molar-refractivity contribution in [1.82, 2.24) is 9.80 Å². The van der Waals surface area contributed by atoms with Gasteiger partial charge >= 0.3 is 0 Å². The number of hydrogen-bond acceptors (Lipinski definition) is 4. The molecule has 0 aliphatic carbocycles. The van der Waals surface area contributed by atoms with E-state index >= 15 is 0 Å². The van der Waals surface area contributed by atoms with Gasteiger partial charge in [-0.3, -0.25) is 14.5 Å². The Morgan fingerprint density at radius 2 is 2.22 bits per heavy atom. The second-order valence-corrected chi connectivity index (χ2v) is 9.37. The minimum atomic E-state index is -0.108. The number of halogens is 1. The van der Waals surface area contributed by atoms with E-state index in [2.05, 4.69) is 22.9 Å². The molecule has 1 aromatic rings. The lowest BCUT2D eigenvalue weighted by atomic mass is 9.99. The van der Waals surface area contributed by atoms with Crippen LogP contribution >= 0.6 is 39.9 Å². The lowest BCUT2D eigenvalue weighted by molar-refractivity contribution is -0.135. The van der Waals surface area contributed by atoms with Crippen molar-refractivity contribution in [3.8, 4) is 0 Å². The highest BCUT2D eigenvalue weighted by Crippen LogP contribution is 2.33. The molecule has 0 unspecified atom stereocenters. The molecule has 2 fully saturated rings. The maximum Gasteiger partial charge on any atom is 0.266 e. The highest BCUT2D eigenvalue weighted by atomic mass is 79.9. The molecule has 2 amide bonds. The third-order valence-electron chi connectivity index (χ3n) is 4.99. The van der Waals surface area contributed by atoms with Gasteiger partial charge in [-0.15, -0.1) is 0 Å². The molecule has 2 aliphatic rings. The highest BCUT2D eigenvalue weighted by Gasteiger charge is 2.33. The van der Waals surface area contributed by atoms with Crippen LogP contribution in [0.2, 0.25) is 0 Å². The SMILES string of the molecule is CC[C@@H]1CCCCN1C(=O)CCN1C(=O)/C(=C\c2cccc(Br)c2)SC1=S. The third kappa shape index (κ3) is 5.00. The van der Waals surface area contributed by atoms with Crippen molar-refractivity contribution >= 4 is 62.1 Å². The van der Waals surface area contributed by atoms with Crippen LogP contribution in [0.1, 0.15) is 44.6 Å². The van der Waals surface area contributed by atoms with E-state index in [9.17, 15) is 9.59 Å². The summed E-state index contributed by atoms with van der Waals surface area (Å²) in [6.07, 6.45) is 6.51. The monoisotopic (exact) mass is 466 g/mol. The van der Waals surface area contributed by atoms with Gasteiger partial charge in [-0.1, -0.05) is 59.0 Å². The zero-order valence-electron chi connectivity index (χ0n) is 15.3. The summed E-state index contributed by atoms with van der Waals surface area (Å²) in [5.74, 6) is 0.0232. The van der Waals surface area contributed by atoms with Crippen LogP contribution in [0.25, 0.3) is 6.08 Å². The second-order valence-electron chi connectivity index (χ2n) is 6.78. The van der Waals surface area contributed by atoms with Crippen LogP contribution in [0.4, 0.5) is 0 Å². The van der Waals surface area contributed by atoms with E-state index in [0.29, 0.717) is 28.2 Å². The van der Waals surface area contributed by atoms with Crippen LogP contribution in [0.5, 0.6) is 0 Å². The molecule has 0 bridgehead atoms. The van der Waals surface area contributed by atoms with E-state index in [4.69, 9.17) is 12.2 Å². The maximum atomic E-state index is 12.7. The zero-order valence-corrected chi connectivity index (χ0v) is 18.5. The normalized spacial score (nSPS) is 22.0. The molecule has 7 heteroatoms. The molecule has 0 N–H and O–H groups in total. The number of piperidine rings is 1. The van der Waals surface area contributed by atoms with Gasteiger partial charge in [-0.05, 0) is 49.5 Å². The summed E-state index contributed by atoms with van der Waals surface area (Å²) in [7, 11) is 0. The molecule has 4 nitrogen and oxygen atoms in total. The number of benzene rings is 1. The zero-order chi connectivity index (χ0) is 19.4. The summed E-state index contributed by atoms with van der Waals surface area (Å²) in [5.41, 5.74) is 0.944. The fourth-order valence-electron chi connectivity index (χ4n) is 3.54. The Balaban J connectivity index is 1.63. The number of likely N-dealkylation sites (tertiary alicyclic amines) is 1. The fraction of sp³-hybridized carbons (Fsp3) is 0.450. The Morgan fingerprint density at radius 3 is 2.96 bits per heavy atom. The van der Waals surface area contributed by atoms with Crippen molar-refractivity contribution in [3.05, 3.63) is 39.2 Å². The summed E-state index contributed by atoms with van der Waals surface area (Å²) >= 11 is 10.1. The molecule has 2 heterocycles. The summed E-state index contributed by atoms with van der Waals surface area (Å²) < 4.78 is 1.49. The molecule has 2 aliphatic heterocycles. The first-order valence-electron chi connectivity index (χ1n) is 9.30. The van der Waals surface area contributed by atoms with Crippen molar-refractivity contribution in [3.63, 3.8) is 0 Å². The van der Waals surface area contributed by atoms with Gasteiger partial charge in [0.15, 0.2) is 0 Å². The summed E-state index contributed by atoms with van der Waals surface area (Å²) in [4.78, 5) is 29.6. The molecule has 0 saturated carbocycles. The van der Waals surface area contributed by atoms with Crippen molar-refractivity contribution < 1.29 is 9.59 Å². The first-order chi connectivity index (χ1) is 13.0. The molecule has 1 aromatic carbocycles. The van der Waals surface area contributed by atoms with Crippen molar-refractivity contribution in [2.24, 2.45) is 0 Å². The quantitative estimate of drug-likeness (QED) is 0.460. The number of amides is 2. The Bertz CT molecular complexity index is 781. The largest absolute Gasteiger partial charge is 0.340 e. The summed E-state index contributed by atoms with van der Waals surface area (Å²) in [6.45, 7) is 3.32. The standard InChI is InChI=1S/C20H23BrN2O2S2/c1-2-16-8-3-4-10-22(16)18(24)9-11-23-19(25)17(27-20(23)26)13-14-6-5-7-15(21)12-14/h5-7,12-13,16H,2-4,8-11H2,1H3/b17-13+/t16-/m1/s1. The Labute approximate surface area is 178 Å². The van der Waals surface area contributed by atoms with Gasteiger partial charge in [0.25, 0.3) is 5.91 Å². The number of thiocarbonyl (C=S) groups is 1. The van der Waals surface area contributed by atoms with E-state index in [0.717, 1.165) is 35.8 Å². The van der Waals surface area contributed by atoms with Crippen LogP contribution < -0.4 is 0 Å². The smallest absolute Gasteiger partial charge is 0.266 e. The van der Waals surface area contributed by atoms with Gasteiger partial charge in [0, 0.05) is 30.0 Å². The Morgan fingerprint density at radius 1 is 1.41 bits per heavy atom. The first-order valence-corrected chi connectivity index (χ1v) is 11.3. The number of carbonyl (C=O) groups excluding carboxylic acids is 2. The van der Waals surface area contributed by atoms with E-state index in [1.807, 2.05) is 35.2 Å². The highest BCUT2D eigenvalue weighted by molar-refractivity contribution is 9.10. The summed E-state index contributed by atoms with van der Waals surface area (Å²) in [5, 5.41) is 0. The molecule has 27 heavy (non-hydrogen) atoms. The van der Waals surface area contributed by atoms with Gasteiger partial charge in [-0.25, -0.2) is 0 Å². The van der Waals surface area contributed by atoms with E-state index in [1.54, 1.807) is 4.90 Å². The topological polar surface area (TPSA) is 40.6 Å². The van der Waals surface area contributed by atoms with Crippen LogP contribution in [0.3, 0.4) is 0 Å². The third-order valence-corrected chi connectivity index (χ3v) is 6.86. The van der Waals surface area contributed by atoms with E-state index in [1.165, 1.54) is 18.2 Å². The molecule has 0 radical (unpaired) electrons. The molecule has 144 valence electrons. The van der Waals surface area contributed by atoms with E-state index in [-0.39, 0.29) is 11.8 Å². The second kappa shape index (κ2) is 9.34. The molecular weight excluding hydrogens is 444 g/mol. The molecule has 1 atom stereocenters. The molecule has 0 aromatic heterocycles. The van der Waals surface area contributed by atoms with Crippen LogP contribution in [0.15, 0.2) is 33.6 Å². The predicted octanol–water partition coefficient (Wildman–Crippen LogP) is 4.83. The van der Waals surface area contributed by atoms with Crippen molar-refractivity contribution in [2.75, 3.05) is 13.1 Å². The Kier molecular flexibility index (Phi) is 7.11. The van der Waals surface area contributed by atoms with Crippen LogP contribution in [-0.4, -0.2) is 45.1 Å². The lowest BCUT2D eigenvalue weighted by Gasteiger charge is -2.35. The van der Waals surface area contributed by atoms with Gasteiger partial charge in [-0.2, -0.15) is 0 Å². The van der Waals surface area contributed by atoms with E-state index < -0.39 is 0 Å². The average Bonchev–Trinajstić information content (AvgIpc) is 2.92. The minimum Gasteiger partial charge on any atom is -0.340 e. The molecule has 0 spiro atoms. The van der Waals surface area contributed by atoms with Gasteiger partial charge in [0.1, 0.15) is 4.32 Å². The number of hydrogen-bond donors (Lipinski definition) is 0. The number of nitrogens with zero attached hydrogens (tertiary/aromatic N) is 2.